The lowest BCUT2D eigenvalue weighted by atomic mass is 9.68. The topological polar surface area (TPSA) is 0 Å². The minimum Gasteiger partial charge on any atom is -0.0625 e. The first-order valence-electron chi connectivity index (χ1n) is 8.09. The average molecular weight is 236 g/mol. The summed E-state index contributed by atoms with van der Waals surface area (Å²) in [7, 11) is 0. The lowest BCUT2D eigenvalue weighted by Crippen LogP contribution is -2.28. The van der Waals surface area contributed by atoms with Gasteiger partial charge in [-0.2, -0.15) is 0 Å². The smallest absolute Gasteiger partial charge is 0.0360 e. The Hall–Kier alpha value is 0. The lowest BCUT2D eigenvalue weighted by Gasteiger charge is -2.37. The molecule has 0 N–H and O–H groups in total. The maximum Gasteiger partial charge on any atom is -0.0360 e. The van der Waals surface area contributed by atoms with Crippen molar-refractivity contribution in [2.45, 2.75) is 72.6 Å². The van der Waals surface area contributed by atoms with Gasteiger partial charge < -0.3 is 0 Å². The molecule has 0 amide bonds. The second-order valence-electron chi connectivity index (χ2n) is 7.35. The van der Waals surface area contributed by atoms with Gasteiger partial charge in [0.1, 0.15) is 0 Å². The summed E-state index contributed by atoms with van der Waals surface area (Å²) in [6.45, 7) is 9.88. The van der Waals surface area contributed by atoms with Crippen LogP contribution in [-0.4, -0.2) is 0 Å². The Labute approximate surface area is 109 Å². The van der Waals surface area contributed by atoms with E-state index in [1.165, 1.54) is 44.9 Å². The van der Waals surface area contributed by atoms with Gasteiger partial charge in [0.25, 0.3) is 0 Å². The van der Waals surface area contributed by atoms with Gasteiger partial charge in [0.15, 0.2) is 0 Å². The molecule has 2 fully saturated rings. The second-order valence-corrected chi connectivity index (χ2v) is 7.35. The maximum absolute atomic E-state index is 2.56. The minimum absolute atomic E-state index is 0.914. The molecule has 0 aliphatic heterocycles. The van der Waals surface area contributed by atoms with E-state index in [1.54, 1.807) is 0 Å². The van der Waals surface area contributed by atoms with Gasteiger partial charge in [-0.1, -0.05) is 40.5 Å². The van der Waals surface area contributed by atoms with Gasteiger partial charge in [-0.05, 0) is 67.6 Å². The molecule has 0 bridgehead atoms. The molecule has 0 aromatic heterocycles. The number of hydrogen-bond acceptors (Lipinski definition) is 0. The molecule has 100 valence electrons. The average Bonchev–Trinajstić information content (AvgIpc) is 2.74. The van der Waals surface area contributed by atoms with E-state index in [0.717, 1.165) is 35.5 Å². The normalized spacial score (nSPS) is 40.8. The SMILES string of the molecule is CC(C)C1CCC(C(C)C2CCCC2C)CC1. The number of rotatable bonds is 3. The Morgan fingerprint density at radius 1 is 0.765 bits per heavy atom. The van der Waals surface area contributed by atoms with E-state index in [4.69, 9.17) is 0 Å². The quantitative estimate of drug-likeness (QED) is 0.605. The van der Waals surface area contributed by atoms with Crippen LogP contribution in [0.1, 0.15) is 72.6 Å². The molecular weight excluding hydrogens is 204 g/mol. The van der Waals surface area contributed by atoms with Gasteiger partial charge >= 0.3 is 0 Å². The number of hydrogen-bond donors (Lipinski definition) is 0. The van der Waals surface area contributed by atoms with E-state index in [2.05, 4.69) is 27.7 Å². The van der Waals surface area contributed by atoms with Gasteiger partial charge in [0, 0.05) is 0 Å². The summed E-state index contributed by atoms with van der Waals surface area (Å²) >= 11 is 0. The Morgan fingerprint density at radius 3 is 1.82 bits per heavy atom. The molecule has 3 unspecified atom stereocenters. The van der Waals surface area contributed by atoms with E-state index < -0.39 is 0 Å². The van der Waals surface area contributed by atoms with Crippen LogP contribution in [0.15, 0.2) is 0 Å². The summed E-state index contributed by atoms with van der Waals surface area (Å²) in [5.74, 6) is 6.05. The minimum atomic E-state index is 0.914. The van der Waals surface area contributed by atoms with E-state index in [1.807, 2.05) is 0 Å². The third-order valence-corrected chi connectivity index (χ3v) is 6.11. The highest BCUT2D eigenvalue weighted by Gasteiger charge is 2.34. The van der Waals surface area contributed by atoms with E-state index >= 15 is 0 Å². The van der Waals surface area contributed by atoms with E-state index in [9.17, 15) is 0 Å². The van der Waals surface area contributed by atoms with Crippen molar-refractivity contribution in [3.63, 3.8) is 0 Å². The molecule has 0 nitrogen and oxygen atoms in total. The van der Waals surface area contributed by atoms with Crippen molar-refractivity contribution in [2.75, 3.05) is 0 Å². The molecule has 2 aliphatic rings. The van der Waals surface area contributed by atoms with Gasteiger partial charge in [-0.3, -0.25) is 0 Å². The molecule has 17 heavy (non-hydrogen) atoms. The molecule has 2 aliphatic carbocycles. The van der Waals surface area contributed by atoms with Crippen LogP contribution in [0, 0.1) is 35.5 Å². The van der Waals surface area contributed by atoms with Crippen molar-refractivity contribution in [2.24, 2.45) is 35.5 Å². The Kier molecular flexibility index (Phi) is 4.55. The van der Waals surface area contributed by atoms with Crippen molar-refractivity contribution < 1.29 is 0 Å². The second kappa shape index (κ2) is 5.76. The van der Waals surface area contributed by atoms with E-state index in [0.29, 0.717) is 0 Å². The summed E-state index contributed by atoms with van der Waals surface area (Å²) in [5, 5.41) is 0. The van der Waals surface area contributed by atoms with Crippen molar-refractivity contribution in [3.05, 3.63) is 0 Å². The molecule has 2 rings (SSSR count). The molecule has 0 radical (unpaired) electrons. The van der Waals surface area contributed by atoms with Gasteiger partial charge in [-0.15, -0.1) is 0 Å². The van der Waals surface area contributed by atoms with Gasteiger partial charge in [0.05, 0.1) is 0 Å². The van der Waals surface area contributed by atoms with Crippen LogP contribution in [0.3, 0.4) is 0 Å². The zero-order chi connectivity index (χ0) is 12.4. The highest BCUT2D eigenvalue weighted by Crippen LogP contribution is 2.45. The van der Waals surface area contributed by atoms with Crippen molar-refractivity contribution in [3.8, 4) is 0 Å². The fourth-order valence-electron chi connectivity index (χ4n) is 4.64. The standard InChI is InChI=1S/C17H32/c1-12(2)15-8-10-16(11-9-15)14(4)17-7-5-6-13(17)3/h12-17H,5-11H2,1-4H3. The van der Waals surface area contributed by atoms with E-state index in [-0.39, 0.29) is 0 Å². The van der Waals surface area contributed by atoms with Gasteiger partial charge in [0.2, 0.25) is 0 Å². The summed E-state index contributed by atoms with van der Waals surface area (Å²) in [6.07, 6.45) is 10.6. The first-order chi connectivity index (χ1) is 8.09. The third-order valence-electron chi connectivity index (χ3n) is 6.11. The van der Waals surface area contributed by atoms with Crippen LogP contribution >= 0.6 is 0 Å². The Bertz CT molecular complexity index is 222. The first-order valence-corrected chi connectivity index (χ1v) is 8.09. The zero-order valence-corrected chi connectivity index (χ0v) is 12.4. The predicted molar refractivity (Wildman–Crippen MR) is 76.0 cm³/mol. The van der Waals surface area contributed by atoms with Crippen LogP contribution in [0.4, 0.5) is 0 Å². The fraction of sp³-hybridized carbons (Fsp3) is 1.00. The highest BCUT2D eigenvalue weighted by atomic mass is 14.4. The fourth-order valence-corrected chi connectivity index (χ4v) is 4.64. The molecule has 0 aromatic rings. The van der Waals surface area contributed by atoms with Crippen LogP contribution in [-0.2, 0) is 0 Å². The lowest BCUT2D eigenvalue weighted by molar-refractivity contribution is 0.131. The Morgan fingerprint density at radius 2 is 1.35 bits per heavy atom. The van der Waals surface area contributed by atoms with Crippen molar-refractivity contribution >= 4 is 0 Å². The summed E-state index contributed by atoms with van der Waals surface area (Å²) < 4.78 is 0. The van der Waals surface area contributed by atoms with Crippen LogP contribution < -0.4 is 0 Å². The molecule has 2 saturated carbocycles. The predicted octanol–water partition coefficient (Wildman–Crippen LogP) is 5.52. The van der Waals surface area contributed by atoms with Crippen LogP contribution in [0.2, 0.25) is 0 Å². The maximum atomic E-state index is 2.56. The highest BCUT2D eigenvalue weighted by molar-refractivity contribution is 4.85. The van der Waals surface area contributed by atoms with Crippen LogP contribution in [0.25, 0.3) is 0 Å². The molecule has 0 saturated heterocycles. The molecule has 0 aromatic carbocycles. The van der Waals surface area contributed by atoms with Crippen LogP contribution in [0.5, 0.6) is 0 Å². The summed E-state index contributed by atoms with van der Waals surface area (Å²) in [5.41, 5.74) is 0. The molecule has 0 spiro atoms. The molecule has 3 atom stereocenters. The van der Waals surface area contributed by atoms with Crippen molar-refractivity contribution in [1.29, 1.82) is 0 Å². The largest absolute Gasteiger partial charge is 0.0625 e. The zero-order valence-electron chi connectivity index (χ0n) is 12.4. The molecule has 0 heteroatoms. The van der Waals surface area contributed by atoms with Gasteiger partial charge in [-0.25, -0.2) is 0 Å². The van der Waals surface area contributed by atoms with Crippen molar-refractivity contribution in [1.82, 2.24) is 0 Å². The summed E-state index contributed by atoms with van der Waals surface area (Å²) in [6, 6.07) is 0. The summed E-state index contributed by atoms with van der Waals surface area (Å²) in [4.78, 5) is 0. The first kappa shape index (κ1) is 13.4. The Balaban J connectivity index is 1.83. The molecular formula is C17H32. The molecule has 0 heterocycles. The monoisotopic (exact) mass is 236 g/mol. The third kappa shape index (κ3) is 3.06.